The Hall–Kier alpha value is -1.51. The fraction of sp³-hybridized carbons (Fsp3) is 0.611. The lowest BCUT2D eigenvalue weighted by atomic mass is 9.83. The molecule has 2 fully saturated rings. The average Bonchev–Trinajstić information content (AvgIpc) is 2.55. The van der Waals surface area contributed by atoms with Crippen LogP contribution in [0, 0.1) is 0 Å². The van der Waals surface area contributed by atoms with Gasteiger partial charge in [0.05, 0.1) is 0 Å². The number of phenolic OH excluding ortho intramolecular Hbond substituents is 1. The van der Waals surface area contributed by atoms with Crippen molar-refractivity contribution in [1.29, 1.82) is 0 Å². The van der Waals surface area contributed by atoms with E-state index in [0.29, 0.717) is 17.2 Å². The van der Waals surface area contributed by atoms with Crippen LogP contribution in [0.5, 0.6) is 5.75 Å². The highest BCUT2D eigenvalue weighted by Crippen LogP contribution is 2.37. The third-order valence-corrected chi connectivity index (χ3v) is 4.97. The largest absolute Gasteiger partial charge is 0.508 e. The number of phenols is 1. The summed E-state index contributed by atoms with van der Waals surface area (Å²) in [5, 5.41) is 10.3. The minimum absolute atomic E-state index is 0.0696. The number of amides is 1. The maximum Gasteiger partial charge on any atom is 0.253 e. The molecule has 1 aliphatic heterocycles. The molecule has 3 rings (SSSR count). The van der Waals surface area contributed by atoms with Crippen LogP contribution in [0.4, 0.5) is 0 Å². The fourth-order valence-electron chi connectivity index (χ4n) is 3.72. The number of carbonyl (C=O) groups excluding carboxylic acids is 1. The smallest absolute Gasteiger partial charge is 0.253 e. The van der Waals surface area contributed by atoms with E-state index >= 15 is 0 Å². The van der Waals surface area contributed by atoms with Gasteiger partial charge in [-0.15, -0.1) is 0 Å². The van der Waals surface area contributed by atoms with Crippen molar-refractivity contribution in [3.63, 3.8) is 0 Å². The van der Waals surface area contributed by atoms with Crippen LogP contribution in [0.2, 0.25) is 0 Å². The molecular weight excluding hydrogens is 262 g/mol. The Morgan fingerprint density at radius 3 is 2.33 bits per heavy atom. The molecule has 114 valence electrons. The zero-order valence-corrected chi connectivity index (χ0v) is 12.7. The van der Waals surface area contributed by atoms with Gasteiger partial charge in [0.2, 0.25) is 0 Å². The molecule has 1 heterocycles. The minimum atomic E-state index is 0.0696. The van der Waals surface area contributed by atoms with Gasteiger partial charge in [-0.1, -0.05) is 25.3 Å². The lowest BCUT2D eigenvalue weighted by Crippen LogP contribution is -2.35. The molecule has 1 saturated heterocycles. The summed E-state index contributed by atoms with van der Waals surface area (Å²) in [5.41, 5.74) is 1.67. The number of piperidine rings is 1. The Balaban J connectivity index is 1.75. The number of benzene rings is 1. The van der Waals surface area contributed by atoms with Crippen LogP contribution < -0.4 is 0 Å². The molecular formula is C18H25NO2. The fourth-order valence-corrected chi connectivity index (χ4v) is 3.72. The molecule has 1 saturated carbocycles. The monoisotopic (exact) mass is 287 g/mol. The highest BCUT2D eigenvalue weighted by molar-refractivity contribution is 5.94. The van der Waals surface area contributed by atoms with Gasteiger partial charge in [0.25, 0.3) is 5.91 Å². The second kappa shape index (κ2) is 6.50. The van der Waals surface area contributed by atoms with Gasteiger partial charge >= 0.3 is 0 Å². The summed E-state index contributed by atoms with van der Waals surface area (Å²) in [5.74, 6) is 0.850. The first kappa shape index (κ1) is 14.4. The van der Waals surface area contributed by atoms with Gasteiger partial charge in [-0.3, -0.25) is 4.79 Å². The van der Waals surface area contributed by atoms with Crippen molar-refractivity contribution in [2.45, 2.75) is 57.3 Å². The molecule has 0 spiro atoms. The molecule has 3 nitrogen and oxygen atoms in total. The normalized spacial score (nSPS) is 20.5. The van der Waals surface area contributed by atoms with Gasteiger partial charge in [0.15, 0.2) is 0 Å². The molecule has 0 aromatic heterocycles. The standard InChI is InChI=1S/C18H25NO2/c20-17-13-15(18(21)19-11-5-2-6-12-19)9-10-16(17)14-7-3-1-4-8-14/h9-10,13-14,20H,1-8,11-12H2. The number of aromatic hydroxyl groups is 1. The number of hydrogen-bond donors (Lipinski definition) is 1. The summed E-state index contributed by atoms with van der Waals surface area (Å²) in [6.07, 6.45) is 9.53. The molecule has 2 aliphatic rings. The maximum atomic E-state index is 12.5. The van der Waals surface area contributed by atoms with Crippen LogP contribution in [0.1, 0.15) is 73.2 Å². The Kier molecular flexibility index (Phi) is 4.47. The predicted octanol–water partition coefficient (Wildman–Crippen LogP) is 4.07. The third-order valence-electron chi connectivity index (χ3n) is 4.97. The average molecular weight is 287 g/mol. The van der Waals surface area contributed by atoms with Crippen molar-refractivity contribution in [1.82, 2.24) is 4.90 Å². The second-order valence-corrected chi connectivity index (χ2v) is 6.46. The van der Waals surface area contributed by atoms with Crippen molar-refractivity contribution in [2.75, 3.05) is 13.1 Å². The number of nitrogens with zero attached hydrogens (tertiary/aromatic N) is 1. The molecule has 0 radical (unpaired) electrons. The highest BCUT2D eigenvalue weighted by atomic mass is 16.3. The zero-order valence-electron chi connectivity index (χ0n) is 12.7. The Morgan fingerprint density at radius 2 is 1.67 bits per heavy atom. The lowest BCUT2D eigenvalue weighted by Gasteiger charge is -2.27. The third kappa shape index (κ3) is 3.22. The second-order valence-electron chi connectivity index (χ2n) is 6.46. The molecule has 1 N–H and O–H groups in total. The Labute approximate surface area is 127 Å². The topological polar surface area (TPSA) is 40.5 Å². The quantitative estimate of drug-likeness (QED) is 0.891. The van der Waals surface area contributed by atoms with Crippen molar-refractivity contribution in [3.05, 3.63) is 29.3 Å². The summed E-state index contributed by atoms with van der Waals surface area (Å²) in [6.45, 7) is 1.70. The predicted molar refractivity (Wildman–Crippen MR) is 83.7 cm³/mol. The molecule has 0 bridgehead atoms. The first-order chi connectivity index (χ1) is 10.3. The maximum absolute atomic E-state index is 12.5. The van der Waals surface area contributed by atoms with Gasteiger partial charge < -0.3 is 10.0 Å². The summed E-state index contributed by atoms with van der Waals surface area (Å²) in [7, 11) is 0. The molecule has 1 aromatic rings. The Morgan fingerprint density at radius 1 is 1.00 bits per heavy atom. The molecule has 1 amide bonds. The molecule has 1 aliphatic carbocycles. The van der Waals surface area contributed by atoms with E-state index in [1.165, 1.54) is 25.7 Å². The van der Waals surface area contributed by atoms with Crippen molar-refractivity contribution in [3.8, 4) is 5.75 Å². The van der Waals surface area contributed by atoms with Crippen LogP contribution in [0.15, 0.2) is 18.2 Å². The first-order valence-electron chi connectivity index (χ1n) is 8.38. The summed E-state index contributed by atoms with van der Waals surface area (Å²) >= 11 is 0. The summed E-state index contributed by atoms with van der Waals surface area (Å²) < 4.78 is 0. The number of carbonyl (C=O) groups is 1. The number of hydrogen-bond acceptors (Lipinski definition) is 2. The van der Waals surface area contributed by atoms with Gasteiger partial charge in [-0.05, 0) is 55.7 Å². The Bertz CT molecular complexity index is 500. The van der Waals surface area contributed by atoms with E-state index in [1.54, 1.807) is 6.07 Å². The van der Waals surface area contributed by atoms with Crippen molar-refractivity contribution in [2.24, 2.45) is 0 Å². The van der Waals surface area contributed by atoms with E-state index in [4.69, 9.17) is 0 Å². The van der Waals surface area contributed by atoms with Crippen LogP contribution in [-0.4, -0.2) is 29.0 Å². The van der Waals surface area contributed by atoms with Crippen LogP contribution >= 0.6 is 0 Å². The van der Waals surface area contributed by atoms with Crippen LogP contribution in [0.3, 0.4) is 0 Å². The summed E-state index contributed by atoms with van der Waals surface area (Å²) in [6, 6.07) is 5.56. The SMILES string of the molecule is O=C(c1ccc(C2CCCCC2)c(O)c1)N1CCCCC1. The van der Waals surface area contributed by atoms with E-state index in [1.807, 2.05) is 17.0 Å². The van der Waals surface area contributed by atoms with Crippen molar-refractivity contribution < 1.29 is 9.90 Å². The van der Waals surface area contributed by atoms with Gasteiger partial charge in [0, 0.05) is 18.7 Å². The van der Waals surface area contributed by atoms with E-state index in [-0.39, 0.29) is 5.91 Å². The van der Waals surface area contributed by atoms with Crippen LogP contribution in [0.25, 0.3) is 0 Å². The molecule has 0 atom stereocenters. The first-order valence-corrected chi connectivity index (χ1v) is 8.38. The van der Waals surface area contributed by atoms with Gasteiger partial charge in [0.1, 0.15) is 5.75 Å². The molecule has 3 heteroatoms. The molecule has 21 heavy (non-hydrogen) atoms. The van der Waals surface area contributed by atoms with Crippen LogP contribution in [-0.2, 0) is 0 Å². The number of likely N-dealkylation sites (tertiary alicyclic amines) is 1. The number of rotatable bonds is 2. The van der Waals surface area contributed by atoms with E-state index < -0.39 is 0 Å². The zero-order chi connectivity index (χ0) is 14.7. The summed E-state index contributed by atoms with van der Waals surface area (Å²) in [4.78, 5) is 14.4. The van der Waals surface area contributed by atoms with Crippen molar-refractivity contribution >= 4 is 5.91 Å². The van der Waals surface area contributed by atoms with Gasteiger partial charge in [-0.2, -0.15) is 0 Å². The highest BCUT2D eigenvalue weighted by Gasteiger charge is 2.22. The van der Waals surface area contributed by atoms with E-state index in [9.17, 15) is 9.90 Å². The lowest BCUT2D eigenvalue weighted by molar-refractivity contribution is 0.0724. The van der Waals surface area contributed by atoms with E-state index in [2.05, 4.69) is 0 Å². The van der Waals surface area contributed by atoms with Gasteiger partial charge in [-0.25, -0.2) is 0 Å². The molecule has 1 aromatic carbocycles. The van der Waals surface area contributed by atoms with E-state index in [0.717, 1.165) is 44.3 Å². The minimum Gasteiger partial charge on any atom is -0.508 e. The molecule has 0 unspecified atom stereocenters.